The summed E-state index contributed by atoms with van der Waals surface area (Å²) in [6, 6.07) is 75.7. The third-order valence-corrected chi connectivity index (χ3v) is 12.5. The molecule has 0 amide bonds. The summed E-state index contributed by atoms with van der Waals surface area (Å²) < 4.78 is 2.37. The number of aryl methyl sites for hydroxylation is 2. The Morgan fingerprint density at radius 2 is 0.910 bits per heavy atom. The number of benzene rings is 9. The highest BCUT2D eigenvalue weighted by atomic mass is 15.0. The number of nitrogens with zero attached hydrogens (tertiary/aromatic N) is 5. The first-order valence-electron chi connectivity index (χ1n) is 22.3. The van der Waals surface area contributed by atoms with Gasteiger partial charge in [-0.15, -0.1) is 0 Å². The average Bonchev–Trinajstić information content (AvgIpc) is 3.71. The van der Waals surface area contributed by atoms with Crippen molar-refractivity contribution in [3.8, 4) is 90.2 Å². The Labute approximate surface area is 390 Å². The summed E-state index contributed by atoms with van der Waals surface area (Å²) >= 11 is 0. The summed E-state index contributed by atoms with van der Waals surface area (Å²) in [6.07, 6.45) is 0. The highest BCUT2D eigenvalue weighted by Gasteiger charge is 2.24. The van der Waals surface area contributed by atoms with Crippen LogP contribution in [-0.2, 0) is 0 Å². The zero-order chi connectivity index (χ0) is 45.4. The molecule has 0 atom stereocenters. The first-order valence-corrected chi connectivity index (χ1v) is 22.3. The Hall–Kier alpha value is -9.16. The fourth-order valence-electron chi connectivity index (χ4n) is 9.31. The van der Waals surface area contributed by atoms with Gasteiger partial charge in [0.1, 0.15) is 0 Å². The first-order chi connectivity index (χ1) is 32.9. The van der Waals surface area contributed by atoms with Crippen molar-refractivity contribution in [1.29, 1.82) is 5.26 Å². The van der Waals surface area contributed by atoms with E-state index >= 15 is 0 Å². The largest absolute Gasteiger partial charge is 0.308 e. The van der Waals surface area contributed by atoms with Gasteiger partial charge in [-0.3, -0.25) is 0 Å². The SMILES string of the molecule is [C-]#[N+]c1cccc(-c2cc(-c3nc(-c4ccccc4)cc(-c4ccccc4)n3)cc(-c3cccc(C#N)c3)c2-n2c3ccc(-c4cccc(C)c4)cc3c3cc(-c4cccc(C)c4)ccc32)c1. The second-order valence-electron chi connectivity index (χ2n) is 17.0. The number of hydrogen-bond donors (Lipinski definition) is 0. The number of aromatic nitrogens is 3. The van der Waals surface area contributed by atoms with Crippen molar-refractivity contribution >= 4 is 27.5 Å². The molecule has 0 bridgehead atoms. The van der Waals surface area contributed by atoms with Gasteiger partial charge in [0.05, 0.1) is 46.3 Å². The molecular formula is C62H41N5. The van der Waals surface area contributed by atoms with E-state index in [9.17, 15) is 5.26 Å². The second-order valence-corrected chi connectivity index (χ2v) is 17.0. The zero-order valence-electron chi connectivity index (χ0n) is 36.9. The van der Waals surface area contributed by atoms with Crippen LogP contribution < -0.4 is 0 Å². The second kappa shape index (κ2) is 17.1. The minimum atomic E-state index is 0.531. The minimum absolute atomic E-state index is 0.531. The summed E-state index contributed by atoms with van der Waals surface area (Å²) in [4.78, 5) is 14.5. The van der Waals surface area contributed by atoms with Crippen LogP contribution in [0.5, 0.6) is 0 Å². The predicted molar refractivity (Wildman–Crippen MR) is 275 cm³/mol. The van der Waals surface area contributed by atoms with Crippen molar-refractivity contribution in [2.24, 2.45) is 0 Å². The van der Waals surface area contributed by atoms with Crippen molar-refractivity contribution in [3.63, 3.8) is 0 Å². The molecule has 5 nitrogen and oxygen atoms in total. The summed E-state index contributed by atoms with van der Waals surface area (Å²) in [6.45, 7) is 12.4. The molecule has 0 aliphatic rings. The molecule has 9 aromatic carbocycles. The third-order valence-electron chi connectivity index (χ3n) is 12.5. The van der Waals surface area contributed by atoms with E-state index in [2.05, 4.69) is 163 Å². The number of fused-ring (bicyclic) bond motifs is 3. The Balaban J connectivity index is 1.27. The molecule has 0 fully saturated rings. The van der Waals surface area contributed by atoms with Crippen LogP contribution in [0.2, 0.25) is 0 Å². The van der Waals surface area contributed by atoms with Crippen molar-refractivity contribution in [2.75, 3.05) is 0 Å². The van der Waals surface area contributed by atoms with Crippen molar-refractivity contribution in [1.82, 2.24) is 14.5 Å². The van der Waals surface area contributed by atoms with E-state index in [1.165, 1.54) is 11.1 Å². The normalized spacial score (nSPS) is 11.1. The molecule has 11 aromatic rings. The molecule has 67 heavy (non-hydrogen) atoms. The molecule has 2 aromatic heterocycles. The van der Waals surface area contributed by atoms with E-state index in [1.54, 1.807) is 0 Å². The fraction of sp³-hybridized carbons (Fsp3) is 0.0323. The predicted octanol–water partition coefficient (Wildman–Crippen LogP) is 16.3. The van der Waals surface area contributed by atoms with Crippen molar-refractivity contribution in [2.45, 2.75) is 13.8 Å². The topological polar surface area (TPSA) is 58.9 Å². The Morgan fingerprint density at radius 3 is 1.43 bits per heavy atom. The van der Waals surface area contributed by atoms with Crippen LogP contribution in [0.15, 0.2) is 212 Å². The lowest BCUT2D eigenvalue weighted by molar-refractivity contribution is 1.17. The summed E-state index contributed by atoms with van der Waals surface area (Å²) in [5, 5.41) is 12.5. The maximum absolute atomic E-state index is 10.3. The van der Waals surface area contributed by atoms with Crippen LogP contribution in [0.25, 0.3) is 111 Å². The van der Waals surface area contributed by atoms with Gasteiger partial charge >= 0.3 is 0 Å². The molecule has 0 unspecified atom stereocenters. The highest BCUT2D eigenvalue weighted by Crippen LogP contribution is 2.46. The highest BCUT2D eigenvalue weighted by molar-refractivity contribution is 6.13. The zero-order valence-corrected chi connectivity index (χ0v) is 36.9. The van der Waals surface area contributed by atoms with Gasteiger partial charge in [-0.05, 0) is 108 Å². The number of rotatable bonds is 8. The van der Waals surface area contributed by atoms with E-state index in [4.69, 9.17) is 16.5 Å². The maximum atomic E-state index is 10.3. The molecule has 0 aliphatic heterocycles. The van der Waals surface area contributed by atoms with Gasteiger partial charge in [0, 0.05) is 38.6 Å². The number of hydrogen-bond acceptors (Lipinski definition) is 3. The van der Waals surface area contributed by atoms with Crippen molar-refractivity contribution in [3.05, 3.63) is 240 Å². The minimum Gasteiger partial charge on any atom is -0.308 e. The summed E-state index contributed by atoms with van der Waals surface area (Å²) in [7, 11) is 0. The van der Waals surface area contributed by atoms with Crippen LogP contribution in [0, 0.1) is 31.8 Å². The van der Waals surface area contributed by atoms with Crippen molar-refractivity contribution < 1.29 is 0 Å². The standard InChI is InChI=1S/C62H41N5/c1-40-14-10-21-45(30-40)47-26-28-59-55(34-47)56-35-48(46-22-11-15-41(2)31-46)27-29-60(56)67(59)61-53(49-23-12-16-42(32-49)39-63)36-51(37-54(61)50-24-13-25-52(33-50)64-3)62-65-57(43-17-6-4-7-18-43)38-58(66-62)44-19-8-5-9-20-44/h4-38H,1-2H3. The van der Waals surface area contributed by atoms with E-state index in [0.717, 1.165) is 100 Å². The molecule has 0 saturated carbocycles. The molecule has 0 saturated heterocycles. The first kappa shape index (κ1) is 40.6. The molecule has 0 aliphatic carbocycles. The summed E-state index contributed by atoms with van der Waals surface area (Å²) in [5.41, 5.74) is 18.9. The molecular weight excluding hydrogens is 815 g/mol. The number of nitriles is 1. The van der Waals surface area contributed by atoms with Crippen LogP contribution in [0.4, 0.5) is 5.69 Å². The molecule has 314 valence electrons. The Bertz CT molecular complexity index is 3550. The maximum Gasteiger partial charge on any atom is 0.187 e. The lowest BCUT2D eigenvalue weighted by Crippen LogP contribution is -2.03. The molecule has 2 heterocycles. The molecule has 11 rings (SSSR count). The Morgan fingerprint density at radius 1 is 0.433 bits per heavy atom. The van der Waals surface area contributed by atoms with Gasteiger partial charge in [-0.25, -0.2) is 14.8 Å². The van der Waals surface area contributed by atoms with E-state index in [1.807, 2.05) is 78.9 Å². The van der Waals surface area contributed by atoms with Crippen LogP contribution in [-0.4, -0.2) is 14.5 Å². The average molecular weight is 856 g/mol. The van der Waals surface area contributed by atoms with E-state index in [0.29, 0.717) is 17.1 Å². The van der Waals surface area contributed by atoms with Gasteiger partial charge in [-0.1, -0.05) is 163 Å². The Kier molecular flexibility index (Phi) is 10.4. The van der Waals surface area contributed by atoms with Gasteiger partial charge in [0.15, 0.2) is 11.5 Å². The lowest BCUT2D eigenvalue weighted by Gasteiger charge is -2.21. The van der Waals surface area contributed by atoms with Gasteiger partial charge in [0.2, 0.25) is 0 Å². The van der Waals surface area contributed by atoms with Crippen LogP contribution >= 0.6 is 0 Å². The fourth-order valence-corrected chi connectivity index (χ4v) is 9.31. The van der Waals surface area contributed by atoms with E-state index < -0.39 is 0 Å². The van der Waals surface area contributed by atoms with Gasteiger partial charge < -0.3 is 4.57 Å². The molecule has 0 radical (unpaired) electrons. The smallest absolute Gasteiger partial charge is 0.187 e. The summed E-state index contributed by atoms with van der Waals surface area (Å²) in [5.74, 6) is 0.555. The molecule has 5 heteroatoms. The van der Waals surface area contributed by atoms with E-state index in [-0.39, 0.29) is 0 Å². The lowest BCUT2D eigenvalue weighted by atomic mass is 9.91. The van der Waals surface area contributed by atoms with Gasteiger partial charge in [0.25, 0.3) is 0 Å². The monoisotopic (exact) mass is 855 g/mol. The molecule has 0 spiro atoms. The van der Waals surface area contributed by atoms with Crippen LogP contribution in [0.1, 0.15) is 16.7 Å². The molecule has 0 N–H and O–H groups in total. The third kappa shape index (κ3) is 7.72. The van der Waals surface area contributed by atoms with Crippen LogP contribution in [0.3, 0.4) is 0 Å². The quantitative estimate of drug-likeness (QED) is 0.143. The van der Waals surface area contributed by atoms with Gasteiger partial charge in [-0.2, -0.15) is 5.26 Å².